The number of rotatable bonds is 6. The predicted molar refractivity (Wildman–Crippen MR) is 87.7 cm³/mol. The van der Waals surface area contributed by atoms with Crippen molar-refractivity contribution in [1.82, 2.24) is 4.72 Å². The lowest BCUT2D eigenvalue weighted by molar-refractivity contribution is -0.114. The molecular formula is C16H17FN2O4S. The molecule has 0 aliphatic carbocycles. The molecule has 0 atom stereocenters. The Morgan fingerprint density at radius 1 is 1.17 bits per heavy atom. The maximum absolute atomic E-state index is 12.9. The van der Waals surface area contributed by atoms with Crippen LogP contribution >= 0.6 is 0 Å². The number of sulfonamides is 1. The van der Waals surface area contributed by atoms with Crippen molar-refractivity contribution < 1.29 is 22.3 Å². The van der Waals surface area contributed by atoms with E-state index in [1.54, 1.807) is 0 Å². The molecule has 0 unspecified atom stereocenters. The molecule has 0 saturated heterocycles. The number of hydrogen-bond donors (Lipinski definition) is 2. The SMILES string of the molecule is COc1cc(S(=O)(=O)NCc2ccc(F)cc2)ccc1NC(C)=O. The molecule has 0 bridgehead atoms. The Bertz CT molecular complexity index is 836. The van der Waals surface area contributed by atoms with Gasteiger partial charge in [0.2, 0.25) is 15.9 Å². The van der Waals surface area contributed by atoms with Gasteiger partial charge in [0.05, 0.1) is 17.7 Å². The van der Waals surface area contributed by atoms with Crippen LogP contribution in [0.2, 0.25) is 0 Å². The van der Waals surface area contributed by atoms with E-state index in [4.69, 9.17) is 4.74 Å². The number of nitrogens with one attached hydrogen (secondary N) is 2. The first-order valence-electron chi connectivity index (χ1n) is 7.01. The van der Waals surface area contributed by atoms with E-state index in [2.05, 4.69) is 10.0 Å². The first kappa shape index (κ1) is 17.9. The first-order chi connectivity index (χ1) is 11.3. The van der Waals surface area contributed by atoms with Gasteiger partial charge in [0.15, 0.2) is 0 Å². The summed E-state index contributed by atoms with van der Waals surface area (Å²) in [6, 6.07) is 9.64. The minimum absolute atomic E-state index is 0.00411. The highest BCUT2D eigenvalue weighted by Gasteiger charge is 2.17. The van der Waals surface area contributed by atoms with Gasteiger partial charge < -0.3 is 10.1 Å². The number of methoxy groups -OCH3 is 1. The molecule has 0 spiro atoms. The summed E-state index contributed by atoms with van der Waals surface area (Å²) >= 11 is 0. The van der Waals surface area contributed by atoms with Crippen molar-refractivity contribution in [3.63, 3.8) is 0 Å². The molecule has 2 aromatic carbocycles. The Hall–Kier alpha value is -2.45. The van der Waals surface area contributed by atoms with Gasteiger partial charge in [-0.3, -0.25) is 4.79 Å². The topological polar surface area (TPSA) is 84.5 Å². The molecule has 2 N–H and O–H groups in total. The highest BCUT2D eigenvalue weighted by molar-refractivity contribution is 7.89. The highest BCUT2D eigenvalue weighted by atomic mass is 32.2. The van der Waals surface area contributed by atoms with Crippen LogP contribution < -0.4 is 14.8 Å². The molecule has 1 amide bonds. The summed E-state index contributed by atoms with van der Waals surface area (Å²) in [4.78, 5) is 11.1. The van der Waals surface area contributed by atoms with Crippen molar-refractivity contribution >= 4 is 21.6 Å². The second-order valence-electron chi connectivity index (χ2n) is 4.99. The molecule has 2 aromatic rings. The second-order valence-corrected chi connectivity index (χ2v) is 6.76. The highest BCUT2D eigenvalue weighted by Crippen LogP contribution is 2.27. The smallest absolute Gasteiger partial charge is 0.241 e. The number of ether oxygens (including phenoxy) is 1. The van der Waals surface area contributed by atoms with Gasteiger partial charge in [0.1, 0.15) is 11.6 Å². The lowest BCUT2D eigenvalue weighted by atomic mass is 10.2. The molecule has 0 aliphatic rings. The van der Waals surface area contributed by atoms with Crippen LogP contribution in [0.15, 0.2) is 47.4 Å². The zero-order valence-electron chi connectivity index (χ0n) is 13.2. The van der Waals surface area contributed by atoms with Gasteiger partial charge in [-0.2, -0.15) is 0 Å². The van der Waals surface area contributed by atoms with Crippen LogP contribution in [0.4, 0.5) is 10.1 Å². The molecule has 0 heterocycles. The van der Waals surface area contributed by atoms with E-state index in [1.807, 2.05) is 0 Å². The molecule has 0 radical (unpaired) electrons. The van der Waals surface area contributed by atoms with Crippen LogP contribution in [-0.2, 0) is 21.4 Å². The fourth-order valence-corrected chi connectivity index (χ4v) is 3.03. The van der Waals surface area contributed by atoms with Gasteiger partial charge in [-0.05, 0) is 29.8 Å². The van der Waals surface area contributed by atoms with E-state index in [-0.39, 0.29) is 28.9 Å². The number of carbonyl (C=O) groups excluding carboxylic acids is 1. The Morgan fingerprint density at radius 2 is 1.83 bits per heavy atom. The maximum Gasteiger partial charge on any atom is 0.241 e. The van der Waals surface area contributed by atoms with Gasteiger partial charge in [-0.15, -0.1) is 0 Å². The lowest BCUT2D eigenvalue weighted by Crippen LogP contribution is -2.23. The number of hydrogen-bond acceptors (Lipinski definition) is 4. The Morgan fingerprint density at radius 3 is 2.42 bits per heavy atom. The van der Waals surface area contributed by atoms with Crippen LogP contribution in [0.5, 0.6) is 5.75 Å². The number of halogens is 1. The molecule has 0 aromatic heterocycles. The fourth-order valence-electron chi connectivity index (χ4n) is 2.00. The molecule has 0 fully saturated rings. The van der Waals surface area contributed by atoms with Crippen LogP contribution in [-0.4, -0.2) is 21.4 Å². The van der Waals surface area contributed by atoms with Crippen molar-refractivity contribution in [3.05, 3.63) is 53.8 Å². The summed E-state index contributed by atoms with van der Waals surface area (Å²) < 4.78 is 45.1. The van der Waals surface area contributed by atoms with Crippen LogP contribution in [0.1, 0.15) is 12.5 Å². The Labute approximate surface area is 139 Å². The largest absolute Gasteiger partial charge is 0.495 e. The number of benzene rings is 2. The summed E-state index contributed by atoms with van der Waals surface area (Å²) in [6.07, 6.45) is 0. The molecule has 6 nitrogen and oxygen atoms in total. The minimum Gasteiger partial charge on any atom is -0.495 e. The summed E-state index contributed by atoms with van der Waals surface area (Å²) in [6.45, 7) is 1.37. The molecule has 2 rings (SSSR count). The summed E-state index contributed by atoms with van der Waals surface area (Å²) in [7, 11) is -2.40. The second kappa shape index (κ2) is 7.41. The third kappa shape index (κ3) is 4.53. The Kier molecular flexibility index (Phi) is 5.53. The Balaban J connectivity index is 2.19. The fraction of sp³-hybridized carbons (Fsp3) is 0.188. The maximum atomic E-state index is 12.9. The van der Waals surface area contributed by atoms with Crippen molar-refractivity contribution in [2.75, 3.05) is 12.4 Å². The third-order valence-electron chi connectivity index (χ3n) is 3.17. The van der Waals surface area contributed by atoms with E-state index < -0.39 is 10.0 Å². The standard InChI is InChI=1S/C16H17FN2O4S/c1-11(20)19-15-8-7-14(9-16(15)23-2)24(21,22)18-10-12-3-5-13(17)6-4-12/h3-9,18H,10H2,1-2H3,(H,19,20). The van der Waals surface area contributed by atoms with E-state index in [9.17, 15) is 17.6 Å². The molecule has 0 saturated carbocycles. The monoisotopic (exact) mass is 352 g/mol. The zero-order valence-corrected chi connectivity index (χ0v) is 14.0. The van der Waals surface area contributed by atoms with Crippen LogP contribution in [0.25, 0.3) is 0 Å². The average molecular weight is 352 g/mol. The molecule has 128 valence electrons. The number of amides is 1. The van der Waals surface area contributed by atoms with E-state index in [1.165, 1.54) is 56.5 Å². The first-order valence-corrected chi connectivity index (χ1v) is 8.50. The van der Waals surface area contributed by atoms with Crippen LogP contribution in [0, 0.1) is 5.82 Å². The van der Waals surface area contributed by atoms with Gasteiger partial charge in [0.25, 0.3) is 0 Å². The van der Waals surface area contributed by atoms with Gasteiger partial charge in [0, 0.05) is 19.5 Å². The summed E-state index contributed by atoms with van der Waals surface area (Å²) in [5.74, 6) is -0.451. The van der Waals surface area contributed by atoms with Gasteiger partial charge in [-0.1, -0.05) is 12.1 Å². The van der Waals surface area contributed by atoms with Crippen molar-refractivity contribution in [2.45, 2.75) is 18.4 Å². The van der Waals surface area contributed by atoms with Gasteiger partial charge >= 0.3 is 0 Å². The van der Waals surface area contributed by atoms with E-state index >= 15 is 0 Å². The normalized spacial score (nSPS) is 11.1. The summed E-state index contributed by atoms with van der Waals surface area (Å²) in [5.41, 5.74) is 1.00. The number of carbonyl (C=O) groups is 1. The zero-order chi connectivity index (χ0) is 17.7. The van der Waals surface area contributed by atoms with Crippen molar-refractivity contribution in [1.29, 1.82) is 0 Å². The predicted octanol–water partition coefficient (Wildman–Crippen LogP) is 2.27. The third-order valence-corrected chi connectivity index (χ3v) is 4.57. The molecule has 8 heteroatoms. The number of anilines is 1. The van der Waals surface area contributed by atoms with Gasteiger partial charge in [-0.25, -0.2) is 17.5 Å². The van der Waals surface area contributed by atoms with Crippen LogP contribution in [0.3, 0.4) is 0 Å². The van der Waals surface area contributed by atoms with Crippen molar-refractivity contribution in [2.24, 2.45) is 0 Å². The molecular weight excluding hydrogens is 335 g/mol. The molecule has 0 aliphatic heterocycles. The minimum atomic E-state index is -3.78. The summed E-state index contributed by atoms with van der Waals surface area (Å²) in [5, 5.41) is 2.55. The molecule has 24 heavy (non-hydrogen) atoms. The lowest BCUT2D eigenvalue weighted by Gasteiger charge is -2.12. The van der Waals surface area contributed by atoms with Crippen molar-refractivity contribution in [3.8, 4) is 5.75 Å². The quantitative estimate of drug-likeness (QED) is 0.835. The van der Waals surface area contributed by atoms with E-state index in [0.29, 0.717) is 11.3 Å². The van der Waals surface area contributed by atoms with E-state index in [0.717, 1.165) is 0 Å². The average Bonchev–Trinajstić information content (AvgIpc) is 2.54.